The number of aliphatic hydroxyl groups excluding tert-OH is 2. The summed E-state index contributed by atoms with van der Waals surface area (Å²) in [5.41, 5.74) is 4.05. The van der Waals surface area contributed by atoms with Crippen LogP contribution in [0.25, 0.3) is 0 Å². The number of hydrogen-bond donors (Lipinski definition) is 2. The highest BCUT2D eigenvalue weighted by Gasteiger charge is 2.65. The summed E-state index contributed by atoms with van der Waals surface area (Å²) in [5.74, 6) is 0.358. The number of aliphatic hydroxyl groups is 2. The molecule has 6 unspecified atom stereocenters. The molecule has 1 fully saturated rings. The van der Waals surface area contributed by atoms with Crippen molar-refractivity contribution in [2.75, 3.05) is 34.0 Å². The Kier molecular flexibility index (Phi) is 19.7. The van der Waals surface area contributed by atoms with Crippen molar-refractivity contribution >= 4 is 17.9 Å². The SMILES string of the molecule is C=CCOC12Oc3ccc(Oc4ccc(OC)c(C=O)c4)cc3C3C(CCCCO)C(CCCCO)C=C(C(=NOCc4ccccc4)CC1N(C)C(=O)CCCCCCCCCCC)C32. The zero-order valence-corrected chi connectivity index (χ0v) is 39.7. The number of rotatable bonds is 29. The van der Waals surface area contributed by atoms with E-state index in [1.54, 1.807) is 24.3 Å². The van der Waals surface area contributed by atoms with E-state index < -0.39 is 17.7 Å². The fourth-order valence-corrected chi connectivity index (χ4v) is 10.5. The molecule has 1 aliphatic heterocycles. The number of ether oxygens (including phenoxy) is 4. The summed E-state index contributed by atoms with van der Waals surface area (Å²) >= 11 is 0. The van der Waals surface area contributed by atoms with Gasteiger partial charge in [0, 0.05) is 44.6 Å². The second-order valence-electron chi connectivity index (χ2n) is 18.2. The van der Waals surface area contributed by atoms with Crippen LogP contribution in [0.5, 0.6) is 23.0 Å². The highest BCUT2D eigenvalue weighted by Crippen LogP contribution is 2.62. The van der Waals surface area contributed by atoms with Crippen LogP contribution in [0.3, 0.4) is 0 Å². The van der Waals surface area contributed by atoms with Gasteiger partial charge in [-0.3, -0.25) is 9.59 Å². The van der Waals surface area contributed by atoms with E-state index in [0.29, 0.717) is 54.2 Å². The Morgan fingerprint density at radius 1 is 0.894 bits per heavy atom. The first-order chi connectivity index (χ1) is 32.3. The van der Waals surface area contributed by atoms with E-state index in [2.05, 4.69) is 19.6 Å². The third kappa shape index (κ3) is 12.5. The number of methoxy groups -OCH3 is 1. The van der Waals surface area contributed by atoms with Gasteiger partial charge in [0.1, 0.15) is 35.6 Å². The molecule has 11 heteroatoms. The fraction of sp³-hybridized carbons (Fsp3) is 0.545. The van der Waals surface area contributed by atoms with Crippen LogP contribution in [0.1, 0.15) is 143 Å². The number of hydrogen-bond acceptors (Lipinski definition) is 10. The number of carbonyl (C=O) groups is 2. The van der Waals surface area contributed by atoms with Crippen LogP contribution >= 0.6 is 0 Å². The van der Waals surface area contributed by atoms with Gasteiger partial charge in [0.25, 0.3) is 0 Å². The third-order valence-electron chi connectivity index (χ3n) is 13.8. The van der Waals surface area contributed by atoms with Gasteiger partial charge in [-0.2, -0.15) is 0 Å². The van der Waals surface area contributed by atoms with Crippen LogP contribution < -0.4 is 14.2 Å². The number of carbonyl (C=O) groups excluding carboxylic acids is 2. The van der Waals surface area contributed by atoms with E-state index in [-0.39, 0.29) is 50.1 Å². The second kappa shape index (κ2) is 25.8. The molecule has 66 heavy (non-hydrogen) atoms. The van der Waals surface area contributed by atoms with Crippen molar-refractivity contribution in [1.82, 2.24) is 4.90 Å². The number of nitrogens with zero attached hydrogens (tertiary/aromatic N) is 2. The van der Waals surface area contributed by atoms with Crippen LogP contribution in [0, 0.1) is 17.8 Å². The summed E-state index contributed by atoms with van der Waals surface area (Å²) in [7, 11) is 3.41. The number of benzene rings is 3. The molecule has 0 spiro atoms. The highest BCUT2D eigenvalue weighted by atomic mass is 16.7. The van der Waals surface area contributed by atoms with Crippen LogP contribution in [0.4, 0.5) is 0 Å². The Balaban J connectivity index is 1.45. The number of amides is 1. The van der Waals surface area contributed by atoms with E-state index in [9.17, 15) is 19.8 Å². The molecule has 0 bridgehead atoms. The largest absolute Gasteiger partial charge is 0.496 e. The molecule has 2 aliphatic carbocycles. The normalized spacial score (nSPS) is 22.3. The van der Waals surface area contributed by atoms with Crippen LogP contribution in [0.2, 0.25) is 0 Å². The Bertz CT molecular complexity index is 2070. The molecule has 6 atom stereocenters. The van der Waals surface area contributed by atoms with Gasteiger partial charge in [0.15, 0.2) is 6.29 Å². The molecule has 1 amide bonds. The summed E-state index contributed by atoms with van der Waals surface area (Å²) in [4.78, 5) is 34.5. The highest BCUT2D eigenvalue weighted by molar-refractivity contribution is 6.03. The first kappa shape index (κ1) is 50.4. The molecule has 3 aromatic carbocycles. The summed E-state index contributed by atoms with van der Waals surface area (Å²) in [6.07, 6.45) is 20.7. The minimum atomic E-state index is -1.33. The number of unbranched alkanes of at least 4 members (excludes halogenated alkanes) is 10. The van der Waals surface area contributed by atoms with Gasteiger partial charge in [-0.15, -0.1) is 6.58 Å². The van der Waals surface area contributed by atoms with E-state index in [1.165, 1.54) is 45.6 Å². The fourth-order valence-electron chi connectivity index (χ4n) is 10.5. The van der Waals surface area contributed by atoms with Gasteiger partial charge in [-0.25, -0.2) is 0 Å². The van der Waals surface area contributed by atoms with Gasteiger partial charge < -0.3 is 38.9 Å². The lowest BCUT2D eigenvalue weighted by Crippen LogP contribution is -2.69. The zero-order chi connectivity index (χ0) is 46.7. The van der Waals surface area contributed by atoms with Gasteiger partial charge in [-0.05, 0) is 91.5 Å². The van der Waals surface area contributed by atoms with E-state index in [0.717, 1.165) is 73.6 Å². The maximum atomic E-state index is 14.5. The van der Waals surface area contributed by atoms with Gasteiger partial charge in [-0.1, -0.05) is 119 Å². The van der Waals surface area contributed by atoms with Crippen molar-refractivity contribution in [2.45, 2.75) is 140 Å². The molecule has 0 radical (unpaired) electrons. The first-order valence-corrected chi connectivity index (χ1v) is 24.6. The molecule has 6 rings (SSSR count). The molecule has 0 aromatic heterocycles. The smallest absolute Gasteiger partial charge is 0.239 e. The van der Waals surface area contributed by atoms with Crippen LogP contribution in [-0.2, 0) is 21.0 Å². The number of aldehydes is 1. The number of oxime groups is 1. The quantitative estimate of drug-likeness (QED) is 0.0302. The van der Waals surface area contributed by atoms with Gasteiger partial charge >= 0.3 is 0 Å². The van der Waals surface area contributed by atoms with Gasteiger partial charge in [0.05, 0.1) is 30.9 Å². The predicted molar refractivity (Wildman–Crippen MR) is 259 cm³/mol. The minimum absolute atomic E-state index is 0.0302. The summed E-state index contributed by atoms with van der Waals surface area (Å²) in [6.45, 7) is 6.96. The summed E-state index contributed by atoms with van der Waals surface area (Å²) in [6, 6.07) is 20.4. The lowest BCUT2D eigenvalue weighted by molar-refractivity contribution is -0.255. The molecule has 11 nitrogen and oxygen atoms in total. The zero-order valence-electron chi connectivity index (χ0n) is 39.7. The molecule has 0 saturated heterocycles. The number of allylic oxidation sites excluding steroid dienone is 1. The van der Waals surface area contributed by atoms with Crippen molar-refractivity contribution in [1.29, 1.82) is 0 Å². The van der Waals surface area contributed by atoms with Crippen molar-refractivity contribution in [3.63, 3.8) is 0 Å². The maximum absolute atomic E-state index is 14.5. The lowest BCUT2D eigenvalue weighted by Gasteiger charge is -2.59. The molecule has 1 heterocycles. The van der Waals surface area contributed by atoms with Crippen LogP contribution in [-0.4, -0.2) is 78.8 Å². The molecular weight excluding hydrogens is 833 g/mol. The second-order valence-corrected chi connectivity index (χ2v) is 18.2. The molecular formula is C55H74N2O9. The predicted octanol–water partition coefficient (Wildman–Crippen LogP) is 11.5. The van der Waals surface area contributed by atoms with E-state index >= 15 is 0 Å². The van der Waals surface area contributed by atoms with Crippen molar-refractivity contribution in [3.8, 4) is 23.0 Å². The Hall–Kier alpha value is -4.97. The average Bonchev–Trinajstić information content (AvgIpc) is 3.34. The van der Waals surface area contributed by atoms with Crippen molar-refractivity contribution in [2.24, 2.45) is 22.9 Å². The summed E-state index contributed by atoms with van der Waals surface area (Å²) < 4.78 is 26.3. The Labute approximate surface area is 393 Å². The lowest BCUT2D eigenvalue weighted by atomic mass is 9.55. The van der Waals surface area contributed by atoms with Crippen molar-refractivity contribution in [3.05, 3.63) is 108 Å². The molecule has 1 saturated carbocycles. The Morgan fingerprint density at radius 2 is 1.59 bits per heavy atom. The van der Waals surface area contributed by atoms with E-state index in [1.807, 2.05) is 60.5 Å². The standard InChI is InChI=1S/C55H74N2O9/c1-5-7-8-9-10-11-12-13-17-26-52(61)57(3)51-37-48(56-64-39-40-22-15-14-16-23-40)46-35-41(24-18-20-31-58)45(25-19-21-32-59)53-47-36-44(65-43-27-29-49(62-4)42(34-43)38-60)28-30-50(47)66-55(51,54(46)53)63-33-6-2/h6,14-16,22-23,27-30,34-36,38,41,45,51,53-54,58-59H,2,5,7-13,17-21,24-26,31-33,37,39H2,1,3-4H3. The maximum Gasteiger partial charge on any atom is 0.239 e. The molecule has 3 aromatic rings. The number of fused-ring (bicyclic) bond motifs is 2. The molecule has 3 aliphatic rings. The Morgan fingerprint density at radius 3 is 2.29 bits per heavy atom. The van der Waals surface area contributed by atoms with E-state index in [4.69, 9.17) is 28.9 Å². The average molecular weight is 907 g/mol. The molecule has 2 N–H and O–H groups in total. The molecule has 358 valence electrons. The monoisotopic (exact) mass is 907 g/mol. The summed E-state index contributed by atoms with van der Waals surface area (Å²) in [5, 5.41) is 24.9. The minimum Gasteiger partial charge on any atom is -0.496 e. The van der Waals surface area contributed by atoms with Gasteiger partial charge in [0.2, 0.25) is 11.7 Å². The van der Waals surface area contributed by atoms with Crippen LogP contribution in [0.15, 0.2) is 96.2 Å². The number of likely N-dealkylation sites (N-methyl/N-ethyl adjacent to an activating group) is 1. The first-order valence-electron chi connectivity index (χ1n) is 24.6. The topological polar surface area (TPSA) is 136 Å². The van der Waals surface area contributed by atoms with Crippen molar-refractivity contribution < 1.29 is 43.6 Å². The third-order valence-corrected chi connectivity index (χ3v) is 13.8.